The van der Waals surface area contributed by atoms with E-state index in [1.807, 2.05) is 13.8 Å². The fourth-order valence-corrected chi connectivity index (χ4v) is 4.70. The van der Waals surface area contributed by atoms with Gasteiger partial charge in [0, 0.05) is 26.2 Å². The molecule has 15 heteroatoms. The van der Waals surface area contributed by atoms with E-state index in [-0.39, 0.29) is 35.4 Å². The largest absolute Gasteiger partial charge is 0.419 e. The van der Waals surface area contributed by atoms with E-state index in [0.717, 1.165) is 0 Å². The fourth-order valence-electron chi connectivity index (χ4n) is 3.98. The molecule has 37 heavy (non-hydrogen) atoms. The number of fused-ring (bicyclic) bond motifs is 2. The van der Waals surface area contributed by atoms with Crippen LogP contribution in [0, 0.1) is 0 Å². The molecule has 196 valence electrons. The lowest BCUT2D eigenvalue weighted by atomic mass is 9.85. The summed E-state index contributed by atoms with van der Waals surface area (Å²) in [5.74, 6) is 0.341. The SMILES string of the molecule is CC.CNc1nc(-c2nn(CCC(F)C(F)(F)F)c3ncccc23)nc2c1C(C)(c1nncs1)C(=O)N2. The summed E-state index contributed by atoms with van der Waals surface area (Å²) in [5, 5.41) is 18.9. The fraction of sp³-hybridized carbons (Fsp3) is 0.409. The average molecular weight is 538 g/mol. The quantitative estimate of drug-likeness (QED) is 0.348. The molecule has 2 unspecified atom stereocenters. The summed E-state index contributed by atoms with van der Waals surface area (Å²) in [4.78, 5) is 26.2. The van der Waals surface area contributed by atoms with Gasteiger partial charge in [0.2, 0.25) is 5.91 Å². The van der Waals surface area contributed by atoms with Crippen molar-refractivity contribution in [1.29, 1.82) is 0 Å². The minimum atomic E-state index is -4.96. The highest BCUT2D eigenvalue weighted by Gasteiger charge is 2.50. The second-order valence-corrected chi connectivity index (χ2v) is 8.77. The van der Waals surface area contributed by atoms with E-state index in [9.17, 15) is 22.4 Å². The van der Waals surface area contributed by atoms with Crippen molar-refractivity contribution < 1.29 is 22.4 Å². The highest BCUT2D eigenvalue weighted by Crippen LogP contribution is 2.46. The van der Waals surface area contributed by atoms with E-state index >= 15 is 0 Å². The number of carbonyl (C=O) groups is 1. The Morgan fingerprint density at radius 1 is 1.27 bits per heavy atom. The minimum Gasteiger partial charge on any atom is -0.373 e. The molecule has 0 saturated heterocycles. The summed E-state index contributed by atoms with van der Waals surface area (Å²) in [5.41, 5.74) is 1.32. The number of nitrogens with one attached hydrogen (secondary N) is 2. The molecular formula is C22H23F4N9OS. The Morgan fingerprint density at radius 3 is 2.68 bits per heavy atom. The van der Waals surface area contributed by atoms with Crippen molar-refractivity contribution in [2.45, 2.75) is 51.5 Å². The predicted molar refractivity (Wildman–Crippen MR) is 130 cm³/mol. The molecule has 0 saturated carbocycles. The van der Waals surface area contributed by atoms with Gasteiger partial charge < -0.3 is 10.6 Å². The lowest BCUT2D eigenvalue weighted by Crippen LogP contribution is -2.32. The number of anilines is 2. The number of pyridine rings is 1. The van der Waals surface area contributed by atoms with Gasteiger partial charge in [-0.05, 0) is 19.1 Å². The van der Waals surface area contributed by atoms with Gasteiger partial charge in [0.05, 0.1) is 10.9 Å². The summed E-state index contributed by atoms with van der Waals surface area (Å²) in [6.45, 7) is 5.34. The minimum absolute atomic E-state index is 0.110. The lowest BCUT2D eigenvalue weighted by molar-refractivity contribution is -0.182. The molecule has 1 aliphatic rings. The summed E-state index contributed by atoms with van der Waals surface area (Å²) in [7, 11) is 1.63. The van der Waals surface area contributed by atoms with Crippen LogP contribution in [0.4, 0.5) is 29.2 Å². The molecule has 0 aromatic carbocycles. The van der Waals surface area contributed by atoms with Gasteiger partial charge in [-0.15, -0.1) is 21.5 Å². The summed E-state index contributed by atoms with van der Waals surface area (Å²) in [6.07, 6.45) is -7.31. The smallest absolute Gasteiger partial charge is 0.373 e. The first-order valence-corrected chi connectivity index (χ1v) is 12.2. The molecule has 4 aromatic heterocycles. The van der Waals surface area contributed by atoms with Crippen LogP contribution in [0.1, 0.15) is 37.8 Å². The second kappa shape index (κ2) is 9.95. The number of aromatic nitrogens is 7. The van der Waals surface area contributed by atoms with Gasteiger partial charge in [0.25, 0.3) is 0 Å². The van der Waals surface area contributed by atoms with Crippen LogP contribution in [0.3, 0.4) is 0 Å². The van der Waals surface area contributed by atoms with Crippen LogP contribution >= 0.6 is 11.3 Å². The van der Waals surface area contributed by atoms with E-state index in [0.29, 0.717) is 21.8 Å². The van der Waals surface area contributed by atoms with E-state index in [1.165, 1.54) is 27.7 Å². The summed E-state index contributed by atoms with van der Waals surface area (Å²) < 4.78 is 52.7. The number of rotatable bonds is 6. The lowest BCUT2D eigenvalue weighted by Gasteiger charge is -2.20. The molecule has 2 N–H and O–H groups in total. The van der Waals surface area contributed by atoms with Crippen LogP contribution in [0.5, 0.6) is 0 Å². The topological polar surface area (TPSA) is 123 Å². The third-order valence-electron chi connectivity index (χ3n) is 5.79. The zero-order valence-electron chi connectivity index (χ0n) is 20.3. The molecular weight excluding hydrogens is 514 g/mol. The molecule has 1 amide bonds. The maximum absolute atomic E-state index is 13.5. The van der Waals surface area contributed by atoms with Crippen molar-refractivity contribution in [2.24, 2.45) is 0 Å². The Balaban J connectivity index is 0.00000156. The molecule has 0 bridgehead atoms. The van der Waals surface area contributed by atoms with Crippen LogP contribution < -0.4 is 10.6 Å². The Hall–Kier alpha value is -3.75. The van der Waals surface area contributed by atoms with Gasteiger partial charge in [-0.2, -0.15) is 18.3 Å². The average Bonchev–Trinajstić information content (AvgIpc) is 3.61. The van der Waals surface area contributed by atoms with Crippen LogP contribution in [0.25, 0.3) is 22.6 Å². The van der Waals surface area contributed by atoms with Crippen LogP contribution in [-0.4, -0.2) is 60.2 Å². The number of hydrogen-bond donors (Lipinski definition) is 2. The molecule has 0 aliphatic carbocycles. The van der Waals surface area contributed by atoms with Gasteiger partial charge >= 0.3 is 6.18 Å². The standard InChI is InChI=1S/C20H17F4N9OS.C2H6/c1-19(18-31-27-8-35-18)11-13(25-2)28-15(29-14(11)30-17(19)34)12-9-4-3-6-26-16(9)33(32-12)7-5-10(21)20(22,23)24;1-2/h3-4,6,8,10H,5,7H2,1-2H3,(H2,25,28,29,30,34);1-2H3. The predicted octanol–water partition coefficient (Wildman–Crippen LogP) is 4.36. The zero-order chi connectivity index (χ0) is 27.0. The number of halogens is 4. The molecule has 2 atom stereocenters. The maximum atomic E-state index is 13.5. The molecule has 10 nitrogen and oxygen atoms in total. The monoisotopic (exact) mass is 537 g/mol. The van der Waals surface area contributed by atoms with E-state index < -0.39 is 24.2 Å². The van der Waals surface area contributed by atoms with E-state index in [1.54, 1.807) is 26.1 Å². The molecule has 5 heterocycles. The van der Waals surface area contributed by atoms with E-state index in [4.69, 9.17) is 0 Å². The molecule has 5 rings (SSSR count). The van der Waals surface area contributed by atoms with Crippen LogP contribution in [-0.2, 0) is 16.8 Å². The van der Waals surface area contributed by atoms with Gasteiger partial charge in [-0.1, -0.05) is 13.8 Å². The second-order valence-electron chi connectivity index (χ2n) is 7.94. The van der Waals surface area contributed by atoms with Crippen molar-refractivity contribution in [1.82, 2.24) is 34.9 Å². The van der Waals surface area contributed by atoms with Crippen molar-refractivity contribution in [3.63, 3.8) is 0 Å². The first kappa shape index (κ1) is 26.3. The van der Waals surface area contributed by atoms with Crippen molar-refractivity contribution in [3.05, 3.63) is 34.4 Å². The molecule has 0 radical (unpaired) electrons. The van der Waals surface area contributed by atoms with Gasteiger partial charge in [-0.25, -0.2) is 24.0 Å². The Kier molecular flexibility index (Phi) is 7.08. The third-order valence-corrected chi connectivity index (χ3v) is 6.70. The Bertz CT molecular complexity index is 1420. The number of amides is 1. The normalized spacial score (nSPS) is 17.7. The molecule has 0 fully saturated rings. The molecule has 1 aliphatic heterocycles. The van der Waals surface area contributed by atoms with Gasteiger partial charge in [0.15, 0.2) is 17.6 Å². The maximum Gasteiger partial charge on any atom is 0.419 e. The van der Waals surface area contributed by atoms with Gasteiger partial charge in [-0.3, -0.25) is 4.79 Å². The number of carbonyl (C=O) groups excluding carboxylic acids is 1. The van der Waals surface area contributed by atoms with Crippen molar-refractivity contribution in [2.75, 3.05) is 17.7 Å². The summed E-state index contributed by atoms with van der Waals surface area (Å²) >= 11 is 1.22. The van der Waals surface area contributed by atoms with Crippen LogP contribution in [0.2, 0.25) is 0 Å². The Morgan fingerprint density at radius 2 is 2.03 bits per heavy atom. The number of alkyl halides is 4. The molecule has 0 spiro atoms. The Labute approximate surface area is 212 Å². The van der Waals surface area contributed by atoms with Crippen molar-refractivity contribution >= 4 is 39.9 Å². The first-order chi connectivity index (χ1) is 17.6. The first-order valence-electron chi connectivity index (χ1n) is 11.4. The van der Waals surface area contributed by atoms with Crippen LogP contribution in [0.15, 0.2) is 23.8 Å². The summed E-state index contributed by atoms with van der Waals surface area (Å²) in [6, 6.07) is 3.30. The zero-order valence-corrected chi connectivity index (χ0v) is 21.1. The van der Waals surface area contributed by atoms with E-state index in [2.05, 4.69) is 40.9 Å². The van der Waals surface area contributed by atoms with Gasteiger partial charge in [0.1, 0.15) is 33.3 Å². The number of nitrogens with zero attached hydrogens (tertiary/aromatic N) is 7. The highest BCUT2D eigenvalue weighted by atomic mass is 32.1. The number of hydrogen-bond acceptors (Lipinski definition) is 9. The number of aryl methyl sites for hydroxylation is 1. The molecule has 4 aromatic rings. The third kappa shape index (κ3) is 4.47. The van der Waals surface area contributed by atoms with Crippen molar-refractivity contribution in [3.8, 4) is 11.5 Å². The highest BCUT2D eigenvalue weighted by molar-refractivity contribution is 7.09.